The topological polar surface area (TPSA) is 108 Å². The molecule has 3 heterocycles. The third-order valence-electron chi connectivity index (χ3n) is 4.69. The second-order valence-electron chi connectivity index (χ2n) is 6.85. The summed E-state index contributed by atoms with van der Waals surface area (Å²) in [6.45, 7) is 0.659. The Labute approximate surface area is 186 Å². The van der Waals surface area contributed by atoms with Crippen LogP contribution in [0.25, 0.3) is 10.6 Å². The van der Waals surface area contributed by atoms with Crippen molar-refractivity contribution in [3.8, 4) is 10.6 Å². The first-order chi connectivity index (χ1) is 15.2. The van der Waals surface area contributed by atoms with Crippen LogP contribution in [-0.4, -0.2) is 32.3 Å². The fraction of sp³-hybridized carbons (Fsp3) is 0.0952. The van der Waals surface area contributed by atoms with Crippen LogP contribution in [0.15, 0.2) is 53.8 Å². The fourth-order valence-electron chi connectivity index (χ4n) is 3.23. The first kappa shape index (κ1) is 19.4. The van der Waals surface area contributed by atoms with Gasteiger partial charge in [-0.25, -0.2) is 4.98 Å². The van der Waals surface area contributed by atoms with Gasteiger partial charge in [0.15, 0.2) is 0 Å². The number of aliphatic imine (C=N–C) groups is 1. The third kappa shape index (κ3) is 4.18. The van der Waals surface area contributed by atoms with Crippen molar-refractivity contribution in [3.05, 3.63) is 70.8 Å². The average Bonchev–Trinajstić information content (AvgIpc) is 3.52. The Balaban J connectivity index is 1.30. The summed E-state index contributed by atoms with van der Waals surface area (Å²) >= 11 is 7.90. The largest absolute Gasteiger partial charge is 0.348 e. The van der Waals surface area contributed by atoms with E-state index in [1.54, 1.807) is 18.6 Å². The van der Waals surface area contributed by atoms with Gasteiger partial charge in [0.25, 0.3) is 0 Å². The maximum atomic E-state index is 12.2. The molecule has 3 N–H and O–H groups in total. The summed E-state index contributed by atoms with van der Waals surface area (Å²) in [5.41, 5.74) is 4.34. The molecule has 0 bridgehead atoms. The van der Waals surface area contributed by atoms with Gasteiger partial charge in [0.2, 0.25) is 11.0 Å². The standard InChI is InChI=1S/C21H16ClN7OS/c22-19-15-11-23-10-13(15)4-5-16(19)27-21-29-28-20(31-21)12-2-1-3-14(8-12)26-18(30)9-17-24-6-7-25-17/h1-8,11H,9-10H2,(H,24,25)(H,26,30)(H,27,29). The number of rotatable bonds is 6. The molecule has 2 aromatic heterocycles. The predicted molar refractivity (Wildman–Crippen MR) is 122 cm³/mol. The number of aromatic amines is 1. The van der Waals surface area contributed by atoms with Crippen LogP contribution in [0.5, 0.6) is 0 Å². The van der Waals surface area contributed by atoms with Crippen LogP contribution < -0.4 is 10.6 Å². The molecule has 4 aromatic rings. The highest BCUT2D eigenvalue weighted by Crippen LogP contribution is 2.35. The Morgan fingerprint density at radius 1 is 1.23 bits per heavy atom. The Hall–Kier alpha value is -3.56. The van der Waals surface area contributed by atoms with E-state index in [-0.39, 0.29) is 12.3 Å². The number of imidazole rings is 1. The third-order valence-corrected chi connectivity index (χ3v) is 5.99. The van der Waals surface area contributed by atoms with Crippen molar-refractivity contribution in [2.45, 2.75) is 13.0 Å². The van der Waals surface area contributed by atoms with E-state index in [1.807, 2.05) is 36.4 Å². The number of anilines is 3. The molecular formula is C21H16ClN7OS. The van der Waals surface area contributed by atoms with Crippen molar-refractivity contribution >= 4 is 51.6 Å². The van der Waals surface area contributed by atoms with E-state index >= 15 is 0 Å². The van der Waals surface area contributed by atoms with E-state index < -0.39 is 0 Å². The number of nitrogens with zero attached hydrogens (tertiary/aromatic N) is 4. The number of hydrogen-bond donors (Lipinski definition) is 3. The van der Waals surface area contributed by atoms with Crippen LogP contribution in [0.1, 0.15) is 17.0 Å². The van der Waals surface area contributed by atoms with Crippen LogP contribution in [-0.2, 0) is 17.8 Å². The molecule has 5 rings (SSSR count). The summed E-state index contributed by atoms with van der Waals surface area (Å²) in [6.07, 6.45) is 5.28. The van der Waals surface area contributed by atoms with Gasteiger partial charge >= 0.3 is 0 Å². The van der Waals surface area contributed by atoms with E-state index in [9.17, 15) is 4.79 Å². The summed E-state index contributed by atoms with van der Waals surface area (Å²) in [4.78, 5) is 23.5. The van der Waals surface area contributed by atoms with Crippen LogP contribution >= 0.6 is 22.9 Å². The van der Waals surface area contributed by atoms with Gasteiger partial charge in [-0.1, -0.05) is 41.1 Å². The molecule has 10 heteroatoms. The van der Waals surface area contributed by atoms with Gasteiger partial charge in [-0.3, -0.25) is 9.79 Å². The predicted octanol–water partition coefficient (Wildman–Crippen LogP) is 4.44. The number of nitrogens with one attached hydrogen (secondary N) is 3. The summed E-state index contributed by atoms with van der Waals surface area (Å²) < 4.78 is 0. The van der Waals surface area contributed by atoms with Crippen molar-refractivity contribution in [3.63, 3.8) is 0 Å². The molecule has 0 atom stereocenters. The van der Waals surface area contributed by atoms with Crippen LogP contribution in [0, 0.1) is 0 Å². The molecule has 0 fully saturated rings. The molecule has 0 radical (unpaired) electrons. The van der Waals surface area contributed by atoms with Crippen LogP contribution in [0.2, 0.25) is 5.02 Å². The Morgan fingerprint density at radius 3 is 3.03 bits per heavy atom. The minimum absolute atomic E-state index is 0.151. The highest BCUT2D eigenvalue weighted by molar-refractivity contribution is 7.18. The zero-order valence-electron chi connectivity index (χ0n) is 16.1. The molecule has 0 unspecified atom stereocenters. The molecule has 8 nitrogen and oxygen atoms in total. The average molecular weight is 450 g/mol. The van der Waals surface area contributed by atoms with Gasteiger partial charge < -0.3 is 15.6 Å². The smallest absolute Gasteiger partial charge is 0.231 e. The molecule has 0 aliphatic carbocycles. The van der Waals surface area contributed by atoms with Crippen molar-refractivity contribution in [2.75, 3.05) is 10.6 Å². The SMILES string of the molecule is O=C(Cc1ncc[nH]1)Nc1cccc(-c2nnc(Nc3ccc4c(c3Cl)C=NC4)s2)c1. The first-order valence-electron chi connectivity index (χ1n) is 9.46. The number of H-pyrrole nitrogens is 1. The zero-order valence-corrected chi connectivity index (χ0v) is 17.7. The van der Waals surface area contributed by atoms with Crippen molar-refractivity contribution < 1.29 is 4.79 Å². The molecule has 154 valence electrons. The fourth-order valence-corrected chi connectivity index (χ4v) is 4.26. The molecule has 1 aliphatic rings. The van der Waals surface area contributed by atoms with E-state index in [0.29, 0.717) is 28.2 Å². The van der Waals surface area contributed by atoms with E-state index in [1.165, 1.54) is 11.3 Å². The number of carbonyl (C=O) groups is 1. The van der Waals surface area contributed by atoms with Gasteiger partial charge in [0.1, 0.15) is 10.8 Å². The number of benzene rings is 2. The van der Waals surface area contributed by atoms with Gasteiger partial charge in [-0.2, -0.15) is 0 Å². The molecule has 1 aliphatic heterocycles. The molecule has 0 saturated heterocycles. The number of hydrogen-bond acceptors (Lipinski definition) is 7. The number of fused-ring (bicyclic) bond motifs is 1. The zero-order chi connectivity index (χ0) is 21.2. The number of halogens is 1. The van der Waals surface area contributed by atoms with Crippen LogP contribution in [0.3, 0.4) is 0 Å². The lowest BCUT2D eigenvalue weighted by Gasteiger charge is -2.08. The van der Waals surface area contributed by atoms with Gasteiger partial charge in [0, 0.05) is 35.4 Å². The molecule has 1 amide bonds. The lowest BCUT2D eigenvalue weighted by molar-refractivity contribution is -0.115. The lowest BCUT2D eigenvalue weighted by Crippen LogP contribution is -2.15. The van der Waals surface area contributed by atoms with Crippen LogP contribution in [0.4, 0.5) is 16.5 Å². The molecule has 0 spiro atoms. The highest BCUT2D eigenvalue weighted by atomic mass is 35.5. The van der Waals surface area contributed by atoms with Gasteiger partial charge in [0.05, 0.1) is 23.7 Å². The second-order valence-corrected chi connectivity index (χ2v) is 8.20. The quantitative estimate of drug-likeness (QED) is 0.403. The van der Waals surface area contributed by atoms with Gasteiger partial charge in [-0.15, -0.1) is 10.2 Å². The van der Waals surface area contributed by atoms with E-state index in [0.717, 1.165) is 27.4 Å². The minimum atomic E-state index is -0.151. The molecule has 31 heavy (non-hydrogen) atoms. The maximum Gasteiger partial charge on any atom is 0.231 e. The maximum absolute atomic E-state index is 12.2. The highest BCUT2D eigenvalue weighted by Gasteiger charge is 2.15. The summed E-state index contributed by atoms with van der Waals surface area (Å²) in [7, 11) is 0. The molecule has 0 saturated carbocycles. The summed E-state index contributed by atoms with van der Waals surface area (Å²) in [6, 6.07) is 11.4. The molecular weight excluding hydrogens is 434 g/mol. The normalized spacial score (nSPS) is 12.0. The van der Waals surface area contributed by atoms with Crippen molar-refractivity contribution in [1.29, 1.82) is 0 Å². The summed E-state index contributed by atoms with van der Waals surface area (Å²) in [5.74, 6) is 0.464. The van der Waals surface area contributed by atoms with Gasteiger partial charge in [-0.05, 0) is 23.8 Å². The monoisotopic (exact) mass is 449 g/mol. The number of carbonyl (C=O) groups excluding carboxylic acids is 1. The molecule has 2 aromatic carbocycles. The Bertz CT molecular complexity index is 1280. The Kier molecular flexibility index (Phi) is 5.19. The number of aromatic nitrogens is 4. The second kappa shape index (κ2) is 8.29. The first-order valence-corrected chi connectivity index (χ1v) is 10.7. The van der Waals surface area contributed by atoms with E-state index in [4.69, 9.17) is 11.6 Å². The Morgan fingerprint density at radius 2 is 2.16 bits per heavy atom. The van der Waals surface area contributed by atoms with Crippen molar-refractivity contribution in [2.24, 2.45) is 4.99 Å². The summed E-state index contributed by atoms with van der Waals surface area (Å²) in [5, 5.41) is 16.6. The number of amides is 1. The van der Waals surface area contributed by atoms with Crippen molar-refractivity contribution in [1.82, 2.24) is 20.2 Å². The minimum Gasteiger partial charge on any atom is -0.348 e. The van der Waals surface area contributed by atoms with E-state index in [2.05, 4.69) is 35.8 Å². The lowest BCUT2D eigenvalue weighted by atomic mass is 10.1.